The molecule has 2 N–H and O–H groups in total. The van der Waals surface area contributed by atoms with Gasteiger partial charge in [0.15, 0.2) is 23.0 Å². The van der Waals surface area contributed by atoms with Gasteiger partial charge < -0.3 is 29.4 Å². The maximum absolute atomic E-state index is 13.1. The number of nitrogens with one attached hydrogen (secondary N) is 2. The Morgan fingerprint density at radius 1 is 1.08 bits per heavy atom. The summed E-state index contributed by atoms with van der Waals surface area (Å²) in [6, 6.07) is 6.87. The van der Waals surface area contributed by atoms with Gasteiger partial charge in [0.1, 0.15) is 5.00 Å². The van der Waals surface area contributed by atoms with Gasteiger partial charge in [-0.15, -0.1) is 11.3 Å². The number of methoxy groups -OCH3 is 2. The van der Waals surface area contributed by atoms with Gasteiger partial charge in [0.2, 0.25) is 0 Å². The predicted molar refractivity (Wildman–Crippen MR) is 137 cm³/mol. The molecular formula is C26H31N3O6S. The van der Waals surface area contributed by atoms with Gasteiger partial charge in [0.25, 0.3) is 11.8 Å². The van der Waals surface area contributed by atoms with E-state index in [-0.39, 0.29) is 11.6 Å². The summed E-state index contributed by atoms with van der Waals surface area (Å²) in [7, 11) is 3.11. The fourth-order valence-corrected chi connectivity index (χ4v) is 5.46. The molecule has 0 saturated heterocycles. The van der Waals surface area contributed by atoms with Crippen molar-refractivity contribution in [2.45, 2.75) is 39.0 Å². The molecule has 2 aromatic heterocycles. The lowest BCUT2D eigenvalue weighted by Crippen LogP contribution is -2.27. The van der Waals surface area contributed by atoms with E-state index in [1.807, 2.05) is 6.92 Å². The average Bonchev–Trinajstić information content (AvgIpc) is 3.53. The number of hydrogen-bond acceptors (Lipinski definition) is 8. The van der Waals surface area contributed by atoms with E-state index >= 15 is 0 Å². The predicted octanol–water partition coefficient (Wildman–Crippen LogP) is 4.71. The fourth-order valence-electron chi connectivity index (χ4n) is 4.18. The van der Waals surface area contributed by atoms with Crippen LogP contribution in [0.25, 0.3) is 11.3 Å². The number of carbonyl (C=O) groups excluding carboxylic acids is 2. The Morgan fingerprint density at radius 3 is 2.67 bits per heavy atom. The van der Waals surface area contributed by atoms with Crippen LogP contribution in [0.4, 0.5) is 5.00 Å². The second-order valence-electron chi connectivity index (χ2n) is 8.32. The molecule has 4 rings (SSSR count). The van der Waals surface area contributed by atoms with Crippen molar-refractivity contribution in [3.63, 3.8) is 0 Å². The minimum atomic E-state index is -0.436. The first-order valence-electron chi connectivity index (χ1n) is 12.1. The van der Waals surface area contributed by atoms with Gasteiger partial charge in [-0.3, -0.25) is 9.59 Å². The Morgan fingerprint density at radius 2 is 1.89 bits per heavy atom. The molecule has 0 bridgehead atoms. The van der Waals surface area contributed by atoms with Crippen LogP contribution in [-0.2, 0) is 17.6 Å². The molecule has 0 radical (unpaired) electrons. The van der Waals surface area contributed by atoms with Crippen LogP contribution in [0.2, 0.25) is 0 Å². The summed E-state index contributed by atoms with van der Waals surface area (Å²) in [5.74, 6) is 0.934. The normalized spacial score (nSPS) is 12.6. The lowest BCUT2D eigenvalue weighted by Gasteiger charge is -2.13. The lowest BCUT2D eigenvalue weighted by molar-refractivity contribution is 0.0944. The molecule has 0 fully saturated rings. The summed E-state index contributed by atoms with van der Waals surface area (Å²) in [6.07, 6.45) is 4.57. The zero-order chi connectivity index (χ0) is 25.5. The number of hydrogen-bond donors (Lipinski definition) is 2. The van der Waals surface area contributed by atoms with Crippen LogP contribution in [-0.4, -0.2) is 50.9 Å². The average molecular weight is 514 g/mol. The van der Waals surface area contributed by atoms with Crippen molar-refractivity contribution in [1.82, 2.24) is 10.5 Å². The van der Waals surface area contributed by atoms with Gasteiger partial charge in [0, 0.05) is 36.3 Å². The Kier molecular flexibility index (Phi) is 8.61. The van der Waals surface area contributed by atoms with E-state index in [1.54, 1.807) is 38.5 Å². The van der Waals surface area contributed by atoms with Crippen molar-refractivity contribution < 1.29 is 28.3 Å². The molecule has 1 aromatic carbocycles. The number of aromatic nitrogens is 1. The van der Waals surface area contributed by atoms with Crippen LogP contribution < -0.4 is 20.1 Å². The molecule has 9 nitrogen and oxygen atoms in total. The molecule has 1 aliphatic rings. The Bertz CT molecular complexity index is 1220. The molecule has 192 valence electrons. The van der Waals surface area contributed by atoms with Crippen LogP contribution in [0.5, 0.6) is 11.5 Å². The summed E-state index contributed by atoms with van der Waals surface area (Å²) in [4.78, 5) is 27.3. The molecule has 2 amide bonds. The Hall–Kier alpha value is -3.37. The van der Waals surface area contributed by atoms with Gasteiger partial charge >= 0.3 is 0 Å². The highest BCUT2D eigenvalue weighted by atomic mass is 32.1. The molecule has 0 aliphatic heterocycles. The number of benzene rings is 1. The molecule has 0 spiro atoms. The third-order valence-electron chi connectivity index (χ3n) is 5.99. The van der Waals surface area contributed by atoms with Crippen molar-refractivity contribution in [3.8, 4) is 22.8 Å². The third-order valence-corrected chi connectivity index (χ3v) is 7.20. The van der Waals surface area contributed by atoms with Gasteiger partial charge in [-0.25, -0.2) is 0 Å². The molecule has 10 heteroatoms. The maximum atomic E-state index is 13.1. The number of ether oxygens (including phenoxy) is 3. The zero-order valence-corrected chi connectivity index (χ0v) is 21.6. The van der Waals surface area contributed by atoms with Crippen molar-refractivity contribution in [1.29, 1.82) is 0 Å². The highest BCUT2D eigenvalue weighted by molar-refractivity contribution is 7.17. The number of rotatable bonds is 11. The summed E-state index contributed by atoms with van der Waals surface area (Å²) < 4.78 is 21.4. The maximum Gasteiger partial charge on any atom is 0.278 e. The van der Waals surface area contributed by atoms with E-state index < -0.39 is 5.91 Å². The first kappa shape index (κ1) is 25.7. The van der Waals surface area contributed by atoms with E-state index in [0.717, 1.165) is 42.5 Å². The molecule has 1 aliphatic carbocycles. The van der Waals surface area contributed by atoms with Crippen LogP contribution in [0.1, 0.15) is 57.5 Å². The van der Waals surface area contributed by atoms with Crippen LogP contribution >= 0.6 is 11.3 Å². The summed E-state index contributed by atoms with van der Waals surface area (Å²) in [5.41, 5.74) is 2.41. The van der Waals surface area contributed by atoms with Crippen molar-refractivity contribution in [3.05, 3.63) is 46.0 Å². The van der Waals surface area contributed by atoms with E-state index in [2.05, 4.69) is 15.8 Å². The largest absolute Gasteiger partial charge is 0.493 e. The van der Waals surface area contributed by atoms with Crippen LogP contribution in [0.3, 0.4) is 0 Å². The molecule has 0 atom stereocenters. The monoisotopic (exact) mass is 513 g/mol. The topological polar surface area (TPSA) is 112 Å². The minimum Gasteiger partial charge on any atom is -0.493 e. The number of thiophene rings is 1. The number of anilines is 1. The minimum absolute atomic E-state index is 0.120. The standard InChI is InChI=1S/C26H31N3O6S/c1-4-34-13-7-12-27-25(31)23-17-8-5-6-9-22(17)36-26(23)28-24(30)18-15-20(35-29-18)16-10-11-19(32-2)21(14-16)33-3/h10-11,14-15H,4-9,12-13H2,1-3H3,(H,27,31)(H,28,30). The molecule has 3 aromatic rings. The van der Waals surface area contributed by atoms with Gasteiger partial charge in [-0.2, -0.15) is 0 Å². The molecule has 0 unspecified atom stereocenters. The van der Waals surface area contributed by atoms with E-state index in [9.17, 15) is 9.59 Å². The summed E-state index contributed by atoms with van der Waals surface area (Å²) in [5, 5.41) is 10.4. The number of carbonyl (C=O) groups is 2. The number of fused-ring (bicyclic) bond motifs is 1. The van der Waals surface area contributed by atoms with Gasteiger partial charge in [0.05, 0.1) is 19.8 Å². The zero-order valence-electron chi connectivity index (χ0n) is 20.8. The lowest BCUT2D eigenvalue weighted by atomic mass is 9.95. The first-order valence-corrected chi connectivity index (χ1v) is 12.9. The molecular weight excluding hydrogens is 482 g/mol. The number of nitrogens with zero attached hydrogens (tertiary/aromatic N) is 1. The molecule has 36 heavy (non-hydrogen) atoms. The van der Waals surface area contributed by atoms with E-state index in [1.165, 1.54) is 11.3 Å². The second-order valence-corrected chi connectivity index (χ2v) is 9.43. The van der Waals surface area contributed by atoms with Gasteiger partial charge in [-0.05, 0) is 62.8 Å². The van der Waals surface area contributed by atoms with Crippen LogP contribution in [0, 0.1) is 0 Å². The highest BCUT2D eigenvalue weighted by Crippen LogP contribution is 2.38. The third kappa shape index (κ3) is 5.71. The summed E-state index contributed by atoms with van der Waals surface area (Å²) in [6.45, 7) is 3.69. The summed E-state index contributed by atoms with van der Waals surface area (Å²) >= 11 is 1.47. The molecule has 0 saturated carbocycles. The first-order chi connectivity index (χ1) is 17.5. The quantitative estimate of drug-likeness (QED) is 0.357. The highest BCUT2D eigenvalue weighted by Gasteiger charge is 2.27. The van der Waals surface area contributed by atoms with Crippen molar-refractivity contribution in [2.75, 3.05) is 39.3 Å². The number of amides is 2. The SMILES string of the molecule is CCOCCCNC(=O)c1c(NC(=O)c2cc(-c3ccc(OC)c(OC)c3)on2)sc2c1CCCC2. The van der Waals surface area contributed by atoms with E-state index in [4.69, 9.17) is 18.7 Å². The number of aryl methyl sites for hydroxylation is 1. The van der Waals surface area contributed by atoms with Crippen LogP contribution in [0.15, 0.2) is 28.8 Å². The molecule has 2 heterocycles. The van der Waals surface area contributed by atoms with Gasteiger partial charge in [-0.1, -0.05) is 5.16 Å². The Balaban J connectivity index is 1.51. The van der Waals surface area contributed by atoms with Crippen molar-refractivity contribution >= 4 is 28.2 Å². The smallest absolute Gasteiger partial charge is 0.278 e. The second kappa shape index (κ2) is 12.0. The Labute approximate surface area is 214 Å². The fraction of sp³-hybridized carbons (Fsp3) is 0.423. The van der Waals surface area contributed by atoms with Crippen molar-refractivity contribution in [2.24, 2.45) is 0 Å². The van der Waals surface area contributed by atoms with E-state index in [0.29, 0.717) is 53.1 Å².